The number of aromatic amines is 1. The third-order valence-corrected chi connectivity index (χ3v) is 8.13. The molecule has 0 radical (unpaired) electrons. The van der Waals surface area contributed by atoms with Crippen LogP contribution in [0, 0.1) is 5.92 Å². The minimum Gasteiger partial charge on any atom is -0.347 e. The van der Waals surface area contributed by atoms with Crippen LogP contribution in [-0.2, 0) is 16.6 Å². The van der Waals surface area contributed by atoms with Gasteiger partial charge in [0.1, 0.15) is 0 Å². The Morgan fingerprint density at radius 3 is 2.77 bits per heavy atom. The van der Waals surface area contributed by atoms with Gasteiger partial charge in [-0.25, -0.2) is 13.4 Å². The fraction of sp³-hybridized carbons (Fsp3) is 0.304. The van der Waals surface area contributed by atoms with Gasteiger partial charge in [-0.15, -0.1) is 0 Å². The number of nitrogens with zero attached hydrogens (tertiary/aromatic N) is 4. The van der Waals surface area contributed by atoms with Gasteiger partial charge in [-0.05, 0) is 62.1 Å². The molecule has 0 saturated carbocycles. The number of hydrogen-bond acceptors (Lipinski definition) is 4. The number of benzene rings is 1. The Labute approximate surface area is 181 Å². The van der Waals surface area contributed by atoms with Crippen molar-refractivity contribution in [1.29, 1.82) is 0 Å². The summed E-state index contributed by atoms with van der Waals surface area (Å²) in [7, 11) is -3.63. The van der Waals surface area contributed by atoms with Gasteiger partial charge < -0.3 is 4.57 Å². The zero-order valence-corrected chi connectivity index (χ0v) is 18.4. The summed E-state index contributed by atoms with van der Waals surface area (Å²) in [6.07, 6.45) is 8.11. The highest BCUT2D eigenvalue weighted by atomic mass is 32.2. The van der Waals surface area contributed by atoms with Gasteiger partial charge in [0.2, 0.25) is 0 Å². The molecule has 3 aromatic heterocycles. The van der Waals surface area contributed by atoms with Crippen molar-refractivity contribution >= 4 is 20.9 Å². The number of pyridine rings is 1. The van der Waals surface area contributed by atoms with E-state index in [1.165, 1.54) is 6.20 Å². The van der Waals surface area contributed by atoms with Crippen LogP contribution in [0.3, 0.4) is 0 Å². The monoisotopic (exact) mass is 435 g/mol. The van der Waals surface area contributed by atoms with Gasteiger partial charge >= 0.3 is 0 Å². The summed E-state index contributed by atoms with van der Waals surface area (Å²) in [6, 6.07) is 13.5. The van der Waals surface area contributed by atoms with Crippen LogP contribution in [0.5, 0.6) is 0 Å². The lowest BCUT2D eigenvalue weighted by Crippen LogP contribution is -2.42. The van der Waals surface area contributed by atoms with Crippen LogP contribution in [-0.4, -0.2) is 44.6 Å². The molecule has 7 nitrogen and oxygen atoms in total. The molecular weight excluding hydrogens is 410 g/mol. The molecule has 5 rings (SSSR count). The zero-order valence-electron chi connectivity index (χ0n) is 17.6. The molecule has 1 unspecified atom stereocenters. The fourth-order valence-corrected chi connectivity index (χ4v) is 6.54. The smallest absolute Gasteiger partial charge is 0.261 e. The number of nitrogens with one attached hydrogen (secondary N) is 1. The maximum atomic E-state index is 13.2. The molecule has 4 aromatic rings. The molecule has 0 bridgehead atoms. The average Bonchev–Trinajstić information content (AvgIpc) is 3.48. The quantitative estimate of drug-likeness (QED) is 0.515. The normalized spacial score (nSPS) is 19.2. The molecule has 1 aromatic carbocycles. The Kier molecular flexibility index (Phi) is 4.71. The lowest BCUT2D eigenvalue weighted by Gasteiger charge is -2.29. The first-order valence-corrected chi connectivity index (χ1v) is 11.8. The fourth-order valence-electron chi connectivity index (χ4n) is 4.74. The molecule has 160 valence electrons. The van der Waals surface area contributed by atoms with Crippen molar-refractivity contribution in [2.24, 2.45) is 5.92 Å². The van der Waals surface area contributed by atoms with Crippen LogP contribution in [0.4, 0.5) is 0 Å². The third kappa shape index (κ3) is 3.55. The second-order valence-corrected chi connectivity index (χ2v) is 10.6. The minimum atomic E-state index is -3.63. The SMILES string of the molecule is CC1(C)CC(Cn2ccc3cc(-c4cn[nH]c4)ccc32)CN1S(=O)(=O)c1ccccn1. The van der Waals surface area contributed by atoms with E-state index >= 15 is 0 Å². The number of sulfonamides is 1. The molecular formula is C23H25N5O2S. The molecule has 1 saturated heterocycles. The molecule has 31 heavy (non-hydrogen) atoms. The van der Waals surface area contributed by atoms with E-state index in [4.69, 9.17) is 0 Å². The highest BCUT2D eigenvalue weighted by molar-refractivity contribution is 7.89. The Bertz CT molecular complexity index is 1310. The molecule has 0 spiro atoms. The summed E-state index contributed by atoms with van der Waals surface area (Å²) in [4.78, 5) is 4.09. The van der Waals surface area contributed by atoms with Gasteiger partial charge in [0, 0.05) is 53.7 Å². The summed E-state index contributed by atoms with van der Waals surface area (Å²) >= 11 is 0. The summed E-state index contributed by atoms with van der Waals surface area (Å²) in [5.74, 6) is 0.220. The van der Waals surface area contributed by atoms with Crippen LogP contribution in [0.25, 0.3) is 22.0 Å². The van der Waals surface area contributed by atoms with Gasteiger partial charge in [0.15, 0.2) is 5.03 Å². The molecule has 1 N–H and O–H groups in total. The number of aromatic nitrogens is 4. The predicted molar refractivity (Wildman–Crippen MR) is 120 cm³/mol. The number of hydrogen-bond donors (Lipinski definition) is 1. The molecule has 0 aliphatic carbocycles. The first kappa shape index (κ1) is 20.0. The van der Waals surface area contributed by atoms with E-state index in [1.807, 2.05) is 26.2 Å². The van der Waals surface area contributed by atoms with E-state index in [2.05, 4.69) is 50.2 Å². The Morgan fingerprint density at radius 1 is 1.16 bits per heavy atom. The van der Waals surface area contributed by atoms with Gasteiger partial charge in [0.05, 0.1) is 6.20 Å². The van der Waals surface area contributed by atoms with Crippen LogP contribution >= 0.6 is 0 Å². The summed E-state index contributed by atoms with van der Waals surface area (Å²) in [5.41, 5.74) is 2.87. The van der Waals surface area contributed by atoms with E-state index in [-0.39, 0.29) is 10.9 Å². The zero-order chi connectivity index (χ0) is 21.6. The van der Waals surface area contributed by atoms with Crippen LogP contribution in [0.2, 0.25) is 0 Å². The Balaban J connectivity index is 1.39. The first-order chi connectivity index (χ1) is 14.8. The molecule has 1 aliphatic rings. The van der Waals surface area contributed by atoms with E-state index < -0.39 is 15.6 Å². The lowest BCUT2D eigenvalue weighted by molar-refractivity contribution is 0.291. The van der Waals surface area contributed by atoms with Crippen molar-refractivity contribution in [2.75, 3.05) is 6.54 Å². The largest absolute Gasteiger partial charge is 0.347 e. The highest BCUT2D eigenvalue weighted by Crippen LogP contribution is 2.38. The summed E-state index contributed by atoms with van der Waals surface area (Å²) in [6.45, 7) is 5.25. The van der Waals surface area contributed by atoms with Gasteiger partial charge in [0.25, 0.3) is 10.0 Å². The number of fused-ring (bicyclic) bond motifs is 1. The Hall–Kier alpha value is -2.97. The van der Waals surface area contributed by atoms with Crippen LogP contribution in [0.15, 0.2) is 72.3 Å². The first-order valence-electron chi connectivity index (χ1n) is 10.4. The highest BCUT2D eigenvalue weighted by Gasteiger charge is 2.45. The topological polar surface area (TPSA) is 83.9 Å². The van der Waals surface area contributed by atoms with Crippen LogP contribution in [0.1, 0.15) is 20.3 Å². The van der Waals surface area contributed by atoms with Crippen LogP contribution < -0.4 is 0 Å². The van der Waals surface area contributed by atoms with Gasteiger partial charge in [-0.1, -0.05) is 12.1 Å². The van der Waals surface area contributed by atoms with Crippen molar-refractivity contribution in [3.63, 3.8) is 0 Å². The summed E-state index contributed by atoms with van der Waals surface area (Å²) in [5, 5.41) is 8.15. The molecule has 4 heterocycles. The standard InChI is InChI=1S/C23H25N5O2S/c1-23(2)12-17(16-28(23)31(29,30)22-5-3-4-9-24-22)15-27-10-8-19-11-18(6-7-21(19)27)20-13-25-26-14-20/h3-11,13-14,17H,12,15-16H2,1-2H3,(H,25,26). The van der Waals surface area contributed by atoms with E-state index in [1.54, 1.807) is 22.5 Å². The predicted octanol–water partition coefficient (Wildman–Crippen LogP) is 3.92. The molecule has 0 amide bonds. The average molecular weight is 436 g/mol. The van der Waals surface area contributed by atoms with Gasteiger partial charge in [-0.2, -0.15) is 9.40 Å². The lowest BCUT2D eigenvalue weighted by atomic mass is 9.97. The Morgan fingerprint density at radius 2 is 2.03 bits per heavy atom. The van der Waals surface area contributed by atoms with Crippen molar-refractivity contribution in [1.82, 2.24) is 24.1 Å². The molecule has 1 aliphatic heterocycles. The van der Waals surface area contributed by atoms with Crippen molar-refractivity contribution in [2.45, 2.75) is 37.4 Å². The van der Waals surface area contributed by atoms with E-state index in [0.717, 1.165) is 35.0 Å². The molecule has 1 fully saturated rings. The third-order valence-electron chi connectivity index (χ3n) is 6.14. The second-order valence-electron chi connectivity index (χ2n) is 8.82. The van der Waals surface area contributed by atoms with Gasteiger partial charge in [-0.3, -0.25) is 5.10 Å². The van der Waals surface area contributed by atoms with Crippen molar-refractivity contribution < 1.29 is 8.42 Å². The van der Waals surface area contributed by atoms with Crippen molar-refractivity contribution in [3.05, 3.63) is 67.3 Å². The maximum absolute atomic E-state index is 13.2. The molecule has 1 atom stereocenters. The second kappa shape index (κ2) is 7.32. The number of H-pyrrole nitrogens is 1. The van der Waals surface area contributed by atoms with E-state index in [9.17, 15) is 8.42 Å². The number of rotatable bonds is 5. The van der Waals surface area contributed by atoms with E-state index in [0.29, 0.717) is 6.54 Å². The maximum Gasteiger partial charge on any atom is 0.261 e. The van der Waals surface area contributed by atoms with Crippen molar-refractivity contribution in [3.8, 4) is 11.1 Å². The minimum absolute atomic E-state index is 0.113. The summed E-state index contributed by atoms with van der Waals surface area (Å²) < 4.78 is 30.3. The molecule has 8 heteroatoms.